The Hall–Kier alpha value is -2.21. The second-order valence-corrected chi connectivity index (χ2v) is 10.6. The third-order valence-electron chi connectivity index (χ3n) is 6.44. The maximum Gasteiger partial charge on any atom is 0.259 e. The van der Waals surface area contributed by atoms with Crippen molar-refractivity contribution in [2.24, 2.45) is 11.3 Å². The molecule has 1 aromatic carbocycles. The minimum Gasteiger partial charge on any atom is -0.339 e. The normalized spacial score (nSPS) is 18.9. The number of amides is 2. The first-order valence-electron chi connectivity index (χ1n) is 10.8. The van der Waals surface area contributed by atoms with Crippen LogP contribution >= 0.6 is 11.3 Å². The Morgan fingerprint density at radius 1 is 1.17 bits per heavy atom. The Morgan fingerprint density at radius 2 is 1.87 bits per heavy atom. The van der Waals surface area contributed by atoms with Gasteiger partial charge in [0.25, 0.3) is 11.8 Å². The van der Waals surface area contributed by atoms with Crippen LogP contribution in [0.3, 0.4) is 0 Å². The average molecular weight is 429 g/mol. The van der Waals surface area contributed by atoms with Gasteiger partial charge in [-0.05, 0) is 61.1 Å². The van der Waals surface area contributed by atoms with E-state index in [0.717, 1.165) is 50.8 Å². The molecule has 2 amide bonds. The van der Waals surface area contributed by atoms with Crippen LogP contribution in [-0.4, -0.2) is 29.8 Å². The van der Waals surface area contributed by atoms with Crippen LogP contribution in [0.25, 0.3) is 0 Å². The minimum atomic E-state index is -0.559. The summed E-state index contributed by atoms with van der Waals surface area (Å²) in [5, 5.41) is 3.44. The van der Waals surface area contributed by atoms with Gasteiger partial charge in [-0.15, -0.1) is 11.3 Å². The molecule has 4 nitrogen and oxygen atoms in total. The van der Waals surface area contributed by atoms with Gasteiger partial charge in [-0.2, -0.15) is 0 Å². The highest BCUT2D eigenvalue weighted by Gasteiger charge is 2.35. The van der Waals surface area contributed by atoms with Crippen molar-refractivity contribution >= 4 is 28.2 Å². The first-order chi connectivity index (χ1) is 14.3. The molecule has 0 saturated carbocycles. The average Bonchev–Trinajstić information content (AvgIpc) is 3.34. The zero-order valence-electron chi connectivity index (χ0n) is 17.9. The van der Waals surface area contributed by atoms with Crippen molar-refractivity contribution in [2.45, 2.75) is 52.9 Å². The van der Waals surface area contributed by atoms with E-state index in [1.807, 2.05) is 4.90 Å². The molecule has 0 bridgehead atoms. The Balaban J connectivity index is 1.70. The van der Waals surface area contributed by atoms with Crippen LogP contribution in [0.2, 0.25) is 0 Å². The maximum atomic E-state index is 14.1. The summed E-state index contributed by atoms with van der Waals surface area (Å²) < 4.78 is 14.1. The van der Waals surface area contributed by atoms with Crippen molar-refractivity contribution in [3.05, 3.63) is 51.7 Å². The van der Waals surface area contributed by atoms with Crippen LogP contribution in [0.5, 0.6) is 0 Å². The van der Waals surface area contributed by atoms with Gasteiger partial charge in [-0.1, -0.05) is 32.9 Å². The topological polar surface area (TPSA) is 49.4 Å². The molecule has 6 heteroatoms. The second-order valence-electron chi connectivity index (χ2n) is 9.45. The lowest BCUT2D eigenvalue weighted by Gasteiger charge is -2.34. The maximum absolute atomic E-state index is 14.1. The van der Waals surface area contributed by atoms with Gasteiger partial charge < -0.3 is 10.2 Å². The highest BCUT2D eigenvalue weighted by Crippen LogP contribution is 2.45. The summed E-state index contributed by atoms with van der Waals surface area (Å²) in [5.41, 5.74) is 1.91. The van der Waals surface area contributed by atoms with E-state index < -0.39 is 11.7 Å². The molecule has 1 N–H and O–H groups in total. The molecule has 4 rings (SSSR count). The number of fused-ring (bicyclic) bond motifs is 1. The van der Waals surface area contributed by atoms with Gasteiger partial charge in [-0.3, -0.25) is 9.59 Å². The van der Waals surface area contributed by atoms with Gasteiger partial charge in [-0.25, -0.2) is 4.39 Å². The summed E-state index contributed by atoms with van der Waals surface area (Å²) in [5.74, 6) is -0.525. The summed E-state index contributed by atoms with van der Waals surface area (Å²) >= 11 is 1.50. The van der Waals surface area contributed by atoms with E-state index in [2.05, 4.69) is 26.1 Å². The summed E-state index contributed by atoms with van der Waals surface area (Å²) in [6.45, 7) is 8.29. The molecule has 2 aromatic rings. The largest absolute Gasteiger partial charge is 0.339 e. The smallest absolute Gasteiger partial charge is 0.259 e. The molecule has 1 aromatic heterocycles. The van der Waals surface area contributed by atoms with Crippen LogP contribution in [0, 0.1) is 17.2 Å². The molecule has 1 saturated heterocycles. The van der Waals surface area contributed by atoms with Gasteiger partial charge >= 0.3 is 0 Å². The molecule has 1 fully saturated rings. The number of anilines is 1. The zero-order valence-corrected chi connectivity index (χ0v) is 18.7. The van der Waals surface area contributed by atoms with Crippen LogP contribution in [0.15, 0.2) is 24.3 Å². The Labute approximate surface area is 181 Å². The number of carbonyl (C=O) groups is 2. The molecule has 1 aliphatic carbocycles. The highest BCUT2D eigenvalue weighted by atomic mass is 32.1. The van der Waals surface area contributed by atoms with Crippen molar-refractivity contribution in [1.29, 1.82) is 0 Å². The number of thiophene rings is 1. The highest BCUT2D eigenvalue weighted by molar-refractivity contribution is 7.17. The van der Waals surface area contributed by atoms with E-state index in [1.165, 1.54) is 28.3 Å². The summed E-state index contributed by atoms with van der Waals surface area (Å²) in [6, 6.07) is 5.95. The number of hydrogen-bond acceptors (Lipinski definition) is 3. The molecule has 0 radical (unpaired) electrons. The number of nitrogens with one attached hydrogen (secondary N) is 1. The third-order valence-corrected chi connectivity index (χ3v) is 7.61. The molecule has 1 unspecified atom stereocenters. The summed E-state index contributed by atoms with van der Waals surface area (Å²) in [4.78, 5) is 29.2. The first-order valence-corrected chi connectivity index (χ1v) is 11.6. The second kappa shape index (κ2) is 8.14. The molecular formula is C24H29FN2O2S. The standard InChI is InChI=1S/C24H29FN2O2S/c1-24(2,3)15-10-11-17-19(14-15)30-22(20(17)23(29)27-12-6-7-13-27)26-21(28)16-8-4-5-9-18(16)25/h4-5,8-9,15H,6-7,10-14H2,1-3H3,(H,26,28). The fraction of sp³-hybridized carbons (Fsp3) is 0.500. The third kappa shape index (κ3) is 4.02. The molecule has 160 valence electrons. The summed E-state index contributed by atoms with van der Waals surface area (Å²) in [6.07, 6.45) is 4.83. The van der Waals surface area contributed by atoms with Gasteiger partial charge in [0.2, 0.25) is 0 Å². The van der Waals surface area contributed by atoms with Crippen molar-refractivity contribution in [3.63, 3.8) is 0 Å². The number of nitrogens with zero attached hydrogens (tertiary/aromatic N) is 1. The zero-order chi connectivity index (χ0) is 21.5. The SMILES string of the molecule is CC(C)(C)C1CCc2c(sc(NC(=O)c3ccccc3F)c2C(=O)N2CCCC2)C1. The fourth-order valence-corrected chi connectivity index (χ4v) is 5.85. The van der Waals surface area contributed by atoms with Crippen LogP contribution in [0.1, 0.15) is 71.2 Å². The van der Waals surface area contributed by atoms with E-state index >= 15 is 0 Å². The Kier molecular flexibility index (Phi) is 5.71. The molecular weight excluding hydrogens is 399 g/mol. The molecule has 0 spiro atoms. The number of hydrogen-bond donors (Lipinski definition) is 1. The van der Waals surface area contributed by atoms with Gasteiger partial charge in [0.15, 0.2) is 0 Å². The van der Waals surface area contributed by atoms with Crippen molar-refractivity contribution in [1.82, 2.24) is 4.90 Å². The number of halogens is 1. The molecule has 2 heterocycles. The van der Waals surface area contributed by atoms with Crippen molar-refractivity contribution in [2.75, 3.05) is 18.4 Å². The van der Waals surface area contributed by atoms with Crippen LogP contribution in [-0.2, 0) is 12.8 Å². The number of likely N-dealkylation sites (tertiary alicyclic amines) is 1. The predicted octanol–water partition coefficient (Wildman–Crippen LogP) is 5.53. The van der Waals surface area contributed by atoms with E-state index in [0.29, 0.717) is 16.5 Å². The number of benzene rings is 1. The minimum absolute atomic E-state index is 0.00282. The molecule has 2 aliphatic rings. The van der Waals surface area contributed by atoms with E-state index in [9.17, 15) is 14.0 Å². The van der Waals surface area contributed by atoms with E-state index in [4.69, 9.17) is 0 Å². The van der Waals surface area contributed by atoms with Crippen LogP contribution in [0.4, 0.5) is 9.39 Å². The predicted molar refractivity (Wildman–Crippen MR) is 119 cm³/mol. The lowest BCUT2D eigenvalue weighted by molar-refractivity contribution is 0.0792. The summed E-state index contributed by atoms with van der Waals surface area (Å²) in [7, 11) is 0. The fourth-order valence-electron chi connectivity index (χ4n) is 4.53. The Bertz CT molecular complexity index is 970. The lowest BCUT2D eigenvalue weighted by atomic mass is 9.72. The quantitative estimate of drug-likeness (QED) is 0.699. The van der Waals surface area contributed by atoms with Crippen molar-refractivity contribution < 1.29 is 14.0 Å². The van der Waals surface area contributed by atoms with Crippen LogP contribution < -0.4 is 5.32 Å². The molecule has 30 heavy (non-hydrogen) atoms. The van der Waals surface area contributed by atoms with E-state index in [-0.39, 0.29) is 16.9 Å². The van der Waals surface area contributed by atoms with E-state index in [1.54, 1.807) is 12.1 Å². The monoisotopic (exact) mass is 428 g/mol. The first kappa shape index (κ1) is 21.0. The van der Waals surface area contributed by atoms with Gasteiger partial charge in [0, 0.05) is 18.0 Å². The molecule has 1 aliphatic heterocycles. The van der Waals surface area contributed by atoms with Gasteiger partial charge in [0.1, 0.15) is 10.8 Å². The number of rotatable bonds is 3. The van der Waals surface area contributed by atoms with Gasteiger partial charge in [0.05, 0.1) is 11.1 Å². The lowest BCUT2D eigenvalue weighted by Crippen LogP contribution is -2.30. The Morgan fingerprint density at radius 3 is 2.53 bits per heavy atom. The molecule has 1 atom stereocenters. The number of carbonyl (C=O) groups excluding carboxylic acids is 2. The van der Waals surface area contributed by atoms with Crippen molar-refractivity contribution in [3.8, 4) is 0 Å².